The topological polar surface area (TPSA) is 25.8 Å². The van der Waals surface area contributed by atoms with Crippen LogP contribution in [0.1, 0.15) is 43.6 Å². The number of hydrogen-bond acceptors (Lipinski definition) is 2. The summed E-state index contributed by atoms with van der Waals surface area (Å²) < 4.78 is 0.640. The van der Waals surface area contributed by atoms with Gasteiger partial charge in [-0.25, -0.2) is 9.97 Å². The lowest BCUT2D eigenvalue weighted by atomic mass is 9.84. The molecule has 98 valence electrons. The maximum absolute atomic E-state index is 4.39. The zero-order valence-electron chi connectivity index (χ0n) is 10.8. The highest BCUT2D eigenvalue weighted by Gasteiger charge is 2.15. The van der Waals surface area contributed by atoms with Gasteiger partial charge in [-0.15, -0.1) is 0 Å². The van der Waals surface area contributed by atoms with Gasteiger partial charge in [0.05, 0.1) is 5.69 Å². The van der Waals surface area contributed by atoms with Gasteiger partial charge in [-0.2, -0.15) is 0 Å². The van der Waals surface area contributed by atoms with Crippen molar-refractivity contribution >= 4 is 15.9 Å². The molecule has 0 saturated heterocycles. The lowest BCUT2D eigenvalue weighted by Gasteiger charge is -2.22. The van der Waals surface area contributed by atoms with E-state index in [1.54, 1.807) is 6.20 Å². The van der Waals surface area contributed by atoms with Gasteiger partial charge in [0.1, 0.15) is 0 Å². The van der Waals surface area contributed by atoms with Crippen molar-refractivity contribution < 1.29 is 0 Å². The highest BCUT2D eigenvalue weighted by Crippen LogP contribution is 2.33. The van der Waals surface area contributed by atoms with E-state index in [9.17, 15) is 0 Å². The summed E-state index contributed by atoms with van der Waals surface area (Å²) in [4.78, 5) is 8.45. The SMILES string of the molecule is Brc1nccc(-c2ccc(C3CCCCC3)cc2)n1. The summed E-state index contributed by atoms with van der Waals surface area (Å²) in [5.74, 6) is 0.764. The van der Waals surface area contributed by atoms with Crippen LogP contribution in [0.25, 0.3) is 11.3 Å². The molecule has 2 aromatic rings. The predicted octanol–water partition coefficient (Wildman–Crippen LogP) is 4.95. The van der Waals surface area contributed by atoms with Gasteiger partial charge in [0, 0.05) is 11.8 Å². The fourth-order valence-electron chi connectivity index (χ4n) is 2.86. The number of hydrogen-bond donors (Lipinski definition) is 0. The minimum absolute atomic E-state index is 0.640. The fourth-order valence-corrected chi connectivity index (χ4v) is 3.17. The Morgan fingerprint density at radius 1 is 0.947 bits per heavy atom. The van der Waals surface area contributed by atoms with Gasteiger partial charge in [-0.05, 0) is 46.3 Å². The van der Waals surface area contributed by atoms with Crippen LogP contribution in [0.15, 0.2) is 41.3 Å². The average Bonchev–Trinajstić information content (AvgIpc) is 2.48. The van der Waals surface area contributed by atoms with Crippen LogP contribution in [0.4, 0.5) is 0 Å². The van der Waals surface area contributed by atoms with Crippen molar-refractivity contribution in [3.8, 4) is 11.3 Å². The molecule has 19 heavy (non-hydrogen) atoms. The molecular formula is C16H17BrN2. The van der Waals surface area contributed by atoms with Crippen molar-refractivity contribution in [3.63, 3.8) is 0 Å². The summed E-state index contributed by atoms with van der Waals surface area (Å²) >= 11 is 3.31. The first kappa shape index (κ1) is 12.8. The van der Waals surface area contributed by atoms with E-state index in [4.69, 9.17) is 0 Å². The molecule has 0 N–H and O–H groups in total. The zero-order valence-corrected chi connectivity index (χ0v) is 12.4. The van der Waals surface area contributed by atoms with Crippen molar-refractivity contribution in [1.29, 1.82) is 0 Å². The van der Waals surface area contributed by atoms with Crippen molar-refractivity contribution in [2.45, 2.75) is 38.0 Å². The maximum Gasteiger partial charge on any atom is 0.197 e. The van der Waals surface area contributed by atoms with E-state index in [-0.39, 0.29) is 0 Å². The van der Waals surface area contributed by atoms with E-state index < -0.39 is 0 Å². The molecule has 2 nitrogen and oxygen atoms in total. The molecule has 1 fully saturated rings. The molecule has 0 aliphatic heterocycles. The van der Waals surface area contributed by atoms with Gasteiger partial charge in [-0.3, -0.25) is 0 Å². The van der Waals surface area contributed by atoms with E-state index in [1.807, 2.05) is 6.07 Å². The lowest BCUT2D eigenvalue weighted by molar-refractivity contribution is 0.443. The van der Waals surface area contributed by atoms with Crippen molar-refractivity contribution in [3.05, 3.63) is 46.8 Å². The Balaban J connectivity index is 1.82. The van der Waals surface area contributed by atoms with Crippen LogP contribution >= 0.6 is 15.9 Å². The summed E-state index contributed by atoms with van der Waals surface area (Å²) in [6, 6.07) is 10.8. The van der Waals surface area contributed by atoms with Gasteiger partial charge in [0.15, 0.2) is 4.73 Å². The molecule has 3 rings (SSSR count). The molecule has 0 spiro atoms. The summed E-state index contributed by atoms with van der Waals surface area (Å²) in [5, 5.41) is 0. The van der Waals surface area contributed by atoms with E-state index in [0.717, 1.165) is 17.2 Å². The minimum atomic E-state index is 0.640. The molecule has 0 radical (unpaired) electrons. The van der Waals surface area contributed by atoms with E-state index >= 15 is 0 Å². The quantitative estimate of drug-likeness (QED) is 0.732. The number of aromatic nitrogens is 2. The van der Waals surface area contributed by atoms with E-state index in [0.29, 0.717) is 4.73 Å². The molecule has 1 saturated carbocycles. The zero-order chi connectivity index (χ0) is 13.1. The van der Waals surface area contributed by atoms with E-state index in [2.05, 4.69) is 50.2 Å². The molecule has 3 heteroatoms. The molecule has 1 aromatic heterocycles. The molecule has 1 heterocycles. The Morgan fingerprint density at radius 3 is 2.37 bits per heavy atom. The smallest absolute Gasteiger partial charge is 0.197 e. The monoisotopic (exact) mass is 316 g/mol. The first-order valence-corrected chi connectivity index (χ1v) is 7.71. The van der Waals surface area contributed by atoms with E-state index in [1.165, 1.54) is 37.7 Å². The van der Waals surface area contributed by atoms with Crippen molar-refractivity contribution in [2.24, 2.45) is 0 Å². The third-order valence-corrected chi connectivity index (χ3v) is 4.29. The van der Waals surface area contributed by atoms with Crippen LogP contribution in [0.2, 0.25) is 0 Å². The van der Waals surface area contributed by atoms with Crippen LogP contribution in [0, 0.1) is 0 Å². The number of rotatable bonds is 2. The maximum atomic E-state index is 4.39. The molecule has 0 amide bonds. The predicted molar refractivity (Wildman–Crippen MR) is 81.0 cm³/mol. The Kier molecular flexibility index (Phi) is 3.92. The molecule has 1 aliphatic rings. The largest absolute Gasteiger partial charge is 0.231 e. The summed E-state index contributed by atoms with van der Waals surface area (Å²) in [5.41, 5.74) is 3.61. The lowest BCUT2D eigenvalue weighted by Crippen LogP contribution is -2.04. The minimum Gasteiger partial charge on any atom is -0.231 e. The molecule has 1 aromatic carbocycles. The Hall–Kier alpha value is -1.22. The van der Waals surface area contributed by atoms with Crippen molar-refractivity contribution in [2.75, 3.05) is 0 Å². The highest BCUT2D eigenvalue weighted by molar-refractivity contribution is 9.10. The third-order valence-electron chi connectivity index (χ3n) is 3.91. The van der Waals surface area contributed by atoms with Gasteiger partial charge < -0.3 is 0 Å². The summed E-state index contributed by atoms with van der Waals surface area (Å²) in [6.45, 7) is 0. The first-order chi connectivity index (χ1) is 9.33. The first-order valence-electron chi connectivity index (χ1n) is 6.92. The van der Waals surface area contributed by atoms with Gasteiger partial charge >= 0.3 is 0 Å². The van der Waals surface area contributed by atoms with Crippen LogP contribution in [0.5, 0.6) is 0 Å². The number of nitrogens with zero attached hydrogens (tertiary/aromatic N) is 2. The van der Waals surface area contributed by atoms with Crippen LogP contribution in [0.3, 0.4) is 0 Å². The van der Waals surface area contributed by atoms with Gasteiger partial charge in [-0.1, -0.05) is 43.5 Å². The second-order valence-electron chi connectivity index (χ2n) is 5.17. The van der Waals surface area contributed by atoms with Crippen LogP contribution in [-0.2, 0) is 0 Å². The number of halogens is 1. The molecular weight excluding hydrogens is 300 g/mol. The standard InChI is InChI=1S/C16H17BrN2/c17-16-18-11-10-15(19-16)14-8-6-13(7-9-14)12-4-2-1-3-5-12/h6-12H,1-5H2. The Morgan fingerprint density at radius 2 is 1.68 bits per heavy atom. The summed E-state index contributed by atoms with van der Waals surface area (Å²) in [7, 11) is 0. The normalized spacial score (nSPS) is 16.5. The molecule has 0 atom stereocenters. The molecule has 1 aliphatic carbocycles. The van der Waals surface area contributed by atoms with Crippen LogP contribution in [-0.4, -0.2) is 9.97 Å². The molecule has 0 bridgehead atoms. The van der Waals surface area contributed by atoms with Gasteiger partial charge in [0.2, 0.25) is 0 Å². The second-order valence-corrected chi connectivity index (χ2v) is 5.88. The highest BCUT2D eigenvalue weighted by atomic mass is 79.9. The van der Waals surface area contributed by atoms with Crippen LogP contribution < -0.4 is 0 Å². The van der Waals surface area contributed by atoms with Crippen molar-refractivity contribution in [1.82, 2.24) is 9.97 Å². The average molecular weight is 317 g/mol. The Labute approximate surface area is 122 Å². The Bertz CT molecular complexity index is 545. The number of benzene rings is 1. The molecule has 0 unspecified atom stereocenters. The van der Waals surface area contributed by atoms with Gasteiger partial charge in [0.25, 0.3) is 0 Å². The third kappa shape index (κ3) is 3.03. The fraction of sp³-hybridized carbons (Fsp3) is 0.375. The summed E-state index contributed by atoms with van der Waals surface area (Å²) in [6.07, 6.45) is 8.64. The second kappa shape index (κ2) is 5.83.